The number of hydrogen-bond donors (Lipinski definition) is 0. The van der Waals surface area contributed by atoms with Crippen LogP contribution in [0.25, 0.3) is 0 Å². The molecular formula is C20H32F3N3O. The molecule has 154 valence electrons. The summed E-state index contributed by atoms with van der Waals surface area (Å²) >= 11 is 0. The molecule has 1 saturated heterocycles. The molecule has 1 aliphatic rings. The second-order valence-electron chi connectivity index (χ2n) is 6.30. The normalized spacial score (nSPS) is 15.2. The molecule has 1 fully saturated rings. The lowest BCUT2D eigenvalue weighted by molar-refractivity contribution is -0.137. The number of benzene rings is 1. The smallest absolute Gasteiger partial charge is 0.372 e. The topological polar surface area (TPSA) is 26.8 Å². The van der Waals surface area contributed by atoms with Crippen molar-refractivity contribution < 1.29 is 18.0 Å². The number of amides is 1. The third kappa shape index (κ3) is 6.41. The van der Waals surface area contributed by atoms with Crippen molar-refractivity contribution in [2.45, 2.75) is 47.3 Å². The number of carbonyl (C=O) groups is 1. The van der Waals surface area contributed by atoms with Gasteiger partial charge in [-0.05, 0) is 31.5 Å². The largest absolute Gasteiger partial charge is 0.416 e. The first-order valence-corrected chi connectivity index (χ1v) is 9.69. The van der Waals surface area contributed by atoms with Gasteiger partial charge in [-0.1, -0.05) is 19.9 Å². The Kier molecular flexibility index (Phi) is 9.09. The van der Waals surface area contributed by atoms with Crippen molar-refractivity contribution in [1.29, 1.82) is 0 Å². The molecule has 0 aliphatic carbocycles. The molecule has 0 N–H and O–H groups in total. The molecule has 4 nitrogen and oxygen atoms in total. The fourth-order valence-corrected chi connectivity index (χ4v) is 3.19. The fraction of sp³-hybridized carbons (Fsp3) is 0.650. The molecule has 1 heterocycles. The van der Waals surface area contributed by atoms with Gasteiger partial charge >= 0.3 is 6.18 Å². The fourth-order valence-electron chi connectivity index (χ4n) is 3.19. The third-order valence-corrected chi connectivity index (χ3v) is 4.73. The van der Waals surface area contributed by atoms with Crippen LogP contribution in [0.2, 0.25) is 0 Å². The number of carbonyl (C=O) groups excluding carboxylic acids is 1. The summed E-state index contributed by atoms with van der Waals surface area (Å²) < 4.78 is 39.2. The average molecular weight is 387 g/mol. The van der Waals surface area contributed by atoms with Crippen LogP contribution in [0.4, 0.5) is 18.9 Å². The molecule has 0 radical (unpaired) electrons. The minimum Gasteiger partial charge on any atom is -0.372 e. The van der Waals surface area contributed by atoms with Crippen LogP contribution >= 0.6 is 0 Å². The van der Waals surface area contributed by atoms with Gasteiger partial charge in [0.25, 0.3) is 0 Å². The molecule has 1 aromatic carbocycles. The summed E-state index contributed by atoms with van der Waals surface area (Å²) in [6, 6.07) is 4.01. The van der Waals surface area contributed by atoms with E-state index in [1.807, 2.05) is 32.6 Å². The van der Waals surface area contributed by atoms with E-state index in [0.717, 1.165) is 24.7 Å². The Morgan fingerprint density at radius 2 is 1.63 bits per heavy atom. The molecule has 0 spiro atoms. The van der Waals surface area contributed by atoms with Gasteiger partial charge in [0.1, 0.15) is 0 Å². The van der Waals surface area contributed by atoms with Crippen molar-refractivity contribution in [2.75, 3.05) is 44.2 Å². The minimum atomic E-state index is -4.34. The first-order chi connectivity index (χ1) is 12.8. The van der Waals surface area contributed by atoms with E-state index in [9.17, 15) is 18.0 Å². The van der Waals surface area contributed by atoms with Crippen molar-refractivity contribution in [3.63, 3.8) is 0 Å². The maximum absolute atomic E-state index is 13.1. The van der Waals surface area contributed by atoms with Crippen molar-refractivity contribution in [3.8, 4) is 0 Å². The van der Waals surface area contributed by atoms with Crippen molar-refractivity contribution >= 4 is 11.6 Å². The number of alkyl halides is 3. The monoisotopic (exact) mass is 387 g/mol. The van der Waals surface area contributed by atoms with E-state index < -0.39 is 11.7 Å². The van der Waals surface area contributed by atoms with Crippen LogP contribution in [0, 0.1) is 0 Å². The van der Waals surface area contributed by atoms with Gasteiger partial charge in [-0.2, -0.15) is 13.2 Å². The lowest BCUT2D eigenvalue weighted by atomic mass is 10.1. The highest BCUT2D eigenvalue weighted by Crippen LogP contribution is 2.34. The van der Waals surface area contributed by atoms with Crippen molar-refractivity contribution in [3.05, 3.63) is 29.3 Å². The zero-order chi connectivity index (χ0) is 20.6. The summed E-state index contributed by atoms with van der Waals surface area (Å²) in [5, 5.41) is 0. The minimum absolute atomic E-state index is 0.0676. The number of halogens is 3. The second-order valence-corrected chi connectivity index (χ2v) is 6.30. The van der Waals surface area contributed by atoms with Gasteiger partial charge in [-0.25, -0.2) is 0 Å². The quantitative estimate of drug-likeness (QED) is 0.756. The van der Waals surface area contributed by atoms with E-state index in [-0.39, 0.29) is 5.91 Å². The number of rotatable bonds is 5. The SMILES string of the molecule is CC.CCN(CC)c1cc(C(F)(F)F)ccc1CN1CCN(C(C)=O)CC1. The molecule has 27 heavy (non-hydrogen) atoms. The van der Waals surface area contributed by atoms with Crippen LogP contribution in [0.5, 0.6) is 0 Å². The van der Waals surface area contributed by atoms with E-state index in [1.165, 1.54) is 6.07 Å². The summed E-state index contributed by atoms with van der Waals surface area (Å²) in [5.74, 6) is 0.0676. The summed E-state index contributed by atoms with van der Waals surface area (Å²) in [6.07, 6.45) is -4.34. The Morgan fingerprint density at radius 3 is 2.07 bits per heavy atom. The average Bonchev–Trinajstić information content (AvgIpc) is 2.65. The van der Waals surface area contributed by atoms with E-state index in [2.05, 4.69) is 4.90 Å². The molecule has 0 atom stereocenters. The Balaban J connectivity index is 0.00000176. The van der Waals surface area contributed by atoms with E-state index in [4.69, 9.17) is 0 Å². The van der Waals surface area contributed by atoms with Gasteiger partial charge in [0.2, 0.25) is 5.91 Å². The molecule has 1 aromatic rings. The van der Waals surface area contributed by atoms with Crippen LogP contribution in [0.3, 0.4) is 0 Å². The number of piperazine rings is 1. The van der Waals surface area contributed by atoms with E-state index in [0.29, 0.717) is 38.4 Å². The third-order valence-electron chi connectivity index (χ3n) is 4.73. The molecular weight excluding hydrogens is 355 g/mol. The zero-order valence-corrected chi connectivity index (χ0v) is 17.1. The molecule has 0 unspecified atom stereocenters. The molecule has 1 aliphatic heterocycles. The van der Waals surface area contributed by atoms with Crippen molar-refractivity contribution in [1.82, 2.24) is 9.80 Å². The predicted octanol–water partition coefficient (Wildman–Crippen LogP) is 4.24. The summed E-state index contributed by atoms with van der Waals surface area (Å²) in [4.78, 5) is 17.4. The second kappa shape index (κ2) is 10.5. The maximum Gasteiger partial charge on any atom is 0.416 e. The Morgan fingerprint density at radius 1 is 1.07 bits per heavy atom. The molecule has 1 amide bonds. The molecule has 7 heteroatoms. The van der Waals surface area contributed by atoms with Gasteiger partial charge in [0, 0.05) is 58.4 Å². The molecule has 0 bridgehead atoms. The van der Waals surface area contributed by atoms with Gasteiger partial charge in [-0.15, -0.1) is 0 Å². The van der Waals surface area contributed by atoms with Crippen LogP contribution in [0.15, 0.2) is 18.2 Å². The van der Waals surface area contributed by atoms with Gasteiger partial charge in [0.05, 0.1) is 5.56 Å². The number of anilines is 1. The molecule has 2 rings (SSSR count). The van der Waals surface area contributed by atoms with Crippen molar-refractivity contribution in [2.24, 2.45) is 0 Å². The van der Waals surface area contributed by atoms with Crippen LogP contribution in [0.1, 0.15) is 45.7 Å². The van der Waals surface area contributed by atoms with Gasteiger partial charge < -0.3 is 9.80 Å². The van der Waals surface area contributed by atoms with Gasteiger partial charge in [0.15, 0.2) is 0 Å². The lowest BCUT2D eigenvalue weighted by Crippen LogP contribution is -2.47. The summed E-state index contributed by atoms with van der Waals surface area (Å²) in [7, 11) is 0. The van der Waals surface area contributed by atoms with Gasteiger partial charge in [-0.3, -0.25) is 9.69 Å². The lowest BCUT2D eigenvalue weighted by Gasteiger charge is -2.35. The highest BCUT2D eigenvalue weighted by Gasteiger charge is 2.31. The highest BCUT2D eigenvalue weighted by molar-refractivity contribution is 5.73. The van der Waals surface area contributed by atoms with E-state index >= 15 is 0 Å². The maximum atomic E-state index is 13.1. The molecule has 0 aromatic heterocycles. The Hall–Kier alpha value is -1.76. The highest BCUT2D eigenvalue weighted by atomic mass is 19.4. The standard InChI is InChI=1S/C18H26F3N3O.C2H6/c1-4-23(5-2)17-12-16(18(19,20)21)7-6-15(17)13-22-8-10-24(11-9-22)14(3)25;1-2/h6-7,12H,4-5,8-11,13H2,1-3H3;1-2H3. The Bertz CT molecular complexity index is 593. The van der Waals surface area contributed by atoms with Crippen LogP contribution in [-0.4, -0.2) is 55.0 Å². The number of hydrogen-bond acceptors (Lipinski definition) is 3. The first kappa shape index (κ1) is 23.3. The summed E-state index contributed by atoms with van der Waals surface area (Å²) in [5.41, 5.74) is 0.932. The number of nitrogens with zero attached hydrogens (tertiary/aromatic N) is 3. The van der Waals surface area contributed by atoms with Crippen LogP contribution < -0.4 is 4.90 Å². The summed E-state index contributed by atoms with van der Waals surface area (Å²) in [6.45, 7) is 14.1. The Labute approximate surface area is 160 Å². The van der Waals surface area contributed by atoms with E-state index in [1.54, 1.807) is 17.9 Å². The zero-order valence-electron chi connectivity index (χ0n) is 17.1. The van der Waals surface area contributed by atoms with Crippen LogP contribution in [-0.2, 0) is 17.5 Å². The predicted molar refractivity (Wildman–Crippen MR) is 104 cm³/mol. The first-order valence-electron chi connectivity index (χ1n) is 9.69. The molecule has 0 saturated carbocycles.